The average molecular weight is 280 g/mol. The molecule has 0 spiro atoms. The lowest BCUT2D eigenvalue weighted by molar-refractivity contribution is 0.311. The fourth-order valence-corrected chi connectivity index (χ4v) is 2.08. The topological polar surface area (TPSA) is 70.1 Å². The molecule has 0 bridgehead atoms. The summed E-state index contributed by atoms with van der Waals surface area (Å²) < 4.78 is 0. The van der Waals surface area contributed by atoms with Crippen molar-refractivity contribution in [2.75, 3.05) is 23.8 Å². The summed E-state index contributed by atoms with van der Waals surface area (Å²) in [7, 11) is 0. The number of hydrogen-bond donors (Lipinski definition) is 3. The molecule has 2 heterocycles. The Balaban J connectivity index is 1.75. The normalized spacial score (nSPS) is 10.5. The van der Waals surface area contributed by atoms with E-state index in [9.17, 15) is 0 Å². The van der Waals surface area contributed by atoms with Gasteiger partial charge in [-0.2, -0.15) is 0 Å². The van der Waals surface area contributed by atoms with Gasteiger partial charge in [-0.1, -0.05) is 6.07 Å². The Labute approximate surface area is 122 Å². The fourth-order valence-electron chi connectivity index (χ4n) is 2.08. The number of nitrogens with zero attached hydrogens (tertiary/aromatic N) is 2. The fraction of sp³-hybridized carbons (Fsp3) is 0.125. The van der Waals surface area contributed by atoms with Crippen LogP contribution < -0.4 is 10.6 Å². The zero-order valence-corrected chi connectivity index (χ0v) is 11.5. The van der Waals surface area contributed by atoms with Crippen molar-refractivity contribution < 1.29 is 5.11 Å². The van der Waals surface area contributed by atoms with E-state index in [1.165, 1.54) is 0 Å². The quantitative estimate of drug-likeness (QED) is 0.670. The van der Waals surface area contributed by atoms with E-state index in [1.54, 1.807) is 12.4 Å². The highest BCUT2D eigenvalue weighted by Gasteiger charge is 1.99. The van der Waals surface area contributed by atoms with Crippen LogP contribution in [0, 0.1) is 0 Å². The number of hydrogen-bond acceptors (Lipinski definition) is 5. The predicted molar refractivity (Wildman–Crippen MR) is 84.8 cm³/mol. The molecule has 2 aromatic heterocycles. The predicted octanol–water partition coefficient (Wildman–Crippen LogP) is 2.78. The van der Waals surface area contributed by atoms with Gasteiger partial charge >= 0.3 is 0 Å². The Morgan fingerprint density at radius 3 is 2.71 bits per heavy atom. The summed E-state index contributed by atoms with van der Waals surface area (Å²) in [6, 6.07) is 13.8. The maximum Gasteiger partial charge on any atom is 0.126 e. The molecule has 5 nitrogen and oxygen atoms in total. The lowest BCUT2D eigenvalue weighted by atomic mass is 10.2. The molecule has 3 aromatic rings. The summed E-state index contributed by atoms with van der Waals surface area (Å²) in [6.45, 7) is 0.588. The first-order valence-corrected chi connectivity index (χ1v) is 6.78. The van der Waals surface area contributed by atoms with Crippen molar-refractivity contribution in [1.82, 2.24) is 9.97 Å². The molecule has 21 heavy (non-hydrogen) atoms. The number of aromatic nitrogens is 2. The third-order valence-corrected chi connectivity index (χ3v) is 3.07. The van der Waals surface area contributed by atoms with Crippen LogP contribution in [0.3, 0.4) is 0 Å². The van der Waals surface area contributed by atoms with E-state index in [1.807, 2.05) is 36.4 Å². The number of aliphatic hydroxyl groups is 1. The summed E-state index contributed by atoms with van der Waals surface area (Å²) >= 11 is 0. The van der Waals surface area contributed by atoms with Crippen molar-refractivity contribution in [3.63, 3.8) is 0 Å². The van der Waals surface area contributed by atoms with Crippen LogP contribution >= 0.6 is 0 Å². The molecular weight excluding hydrogens is 264 g/mol. The highest BCUT2D eigenvalue weighted by atomic mass is 16.3. The third kappa shape index (κ3) is 3.27. The molecule has 3 rings (SSSR count). The number of benzene rings is 1. The Kier molecular flexibility index (Phi) is 3.93. The van der Waals surface area contributed by atoms with Gasteiger partial charge in [-0.25, -0.2) is 4.98 Å². The summed E-state index contributed by atoms with van der Waals surface area (Å²) in [6.07, 6.45) is 3.55. The minimum atomic E-state index is 0.0901. The van der Waals surface area contributed by atoms with Gasteiger partial charge in [-0.3, -0.25) is 4.98 Å². The smallest absolute Gasteiger partial charge is 0.126 e. The van der Waals surface area contributed by atoms with E-state index in [2.05, 4.69) is 26.7 Å². The largest absolute Gasteiger partial charge is 0.395 e. The number of rotatable bonds is 5. The van der Waals surface area contributed by atoms with Crippen molar-refractivity contribution in [1.29, 1.82) is 0 Å². The van der Waals surface area contributed by atoms with Crippen LogP contribution in [0.25, 0.3) is 10.9 Å². The molecule has 5 heteroatoms. The maximum atomic E-state index is 8.76. The molecule has 3 N–H and O–H groups in total. The Morgan fingerprint density at radius 1 is 1.00 bits per heavy atom. The van der Waals surface area contributed by atoms with Gasteiger partial charge in [0.2, 0.25) is 0 Å². The molecule has 1 aromatic carbocycles. The van der Waals surface area contributed by atoms with Crippen LogP contribution in [0.1, 0.15) is 0 Å². The van der Waals surface area contributed by atoms with E-state index in [0.717, 1.165) is 28.1 Å². The molecule has 106 valence electrons. The van der Waals surface area contributed by atoms with E-state index in [-0.39, 0.29) is 6.61 Å². The summed E-state index contributed by atoms with van der Waals surface area (Å²) in [4.78, 5) is 8.58. The summed E-state index contributed by atoms with van der Waals surface area (Å²) in [5, 5.41) is 16.2. The molecule has 0 aliphatic heterocycles. The van der Waals surface area contributed by atoms with Crippen molar-refractivity contribution in [2.24, 2.45) is 0 Å². The van der Waals surface area contributed by atoms with Gasteiger partial charge in [-0.05, 0) is 36.4 Å². The van der Waals surface area contributed by atoms with Crippen molar-refractivity contribution in [3.05, 3.63) is 54.9 Å². The molecule has 0 fully saturated rings. The molecule has 0 aliphatic rings. The van der Waals surface area contributed by atoms with Gasteiger partial charge in [0, 0.05) is 23.8 Å². The molecule has 0 atom stereocenters. The van der Waals surface area contributed by atoms with Crippen molar-refractivity contribution in [3.8, 4) is 0 Å². The van der Waals surface area contributed by atoms with Crippen LogP contribution in [-0.4, -0.2) is 28.2 Å². The molecule has 0 aliphatic carbocycles. The highest BCUT2D eigenvalue weighted by molar-refractivity contribution is 5.83. The van der Waals surface area contributed by atoms with E-state index in [4.69, 9.17) is 5.11 Å². The first-order valence-electron chi connectivity index (χ1n) is 6.78. The summed E-state index contributed by atoms with van der Waals surface area (Å²) in [5.74, 6) is 0.748. The van der Waals surface area contributed by atoms with Crippen molar-refractivity contribution in [2.45, 2.75) is 0 Å². The second-order valence-corrected chi connectivity index (χ2v) is 4.62. The SMILES string of the molecule is OCCNc1ccc(Nc2ccc3ncccc3c2)cn1. The lowest BCUT2D eigenvalue weighted by Gasteiger charge is -2.08. The van der Waals surface area contributed by atoms with Gasteiger partial charge in [0.15, 0.2) is 0 Å². The Morgan fingerprint density at radius 2 is 1.90 bits per heavy atom. The molecule has 0 radical (unpaired) electrons. The standard InChI is InChI=1S/C16H16N4O/c21-9-8-18-16-6-4-14(11-19-16)20-13-3-5-15-12(10-13)2-1-7-17-15/h1-7,10-11,20-21H,8-9H2,(H,18,19). The first kappa shape index (κ1) is 13.3. The zero-order chi connectivity index (χ0) is 14.5. The first-order chi connectivity index (χ1) is 10.3. The molecule has 0 amide bonds. The Bertz CT molecular complexity index is 728. The lowest BCUT2D eigenvalue weighted by Crippen LogP contribution is -2.06. The maximum absolute atomic E-state index is 8.76. The number of pyridine rings is 2. The second-order valence-electron chi connectivity index (χ2n) is 4.62. The van der Waals surface area contributed by atoms with E-state index >= 15 is 0 Å². The van der Waals surface area contributed by atoms with Gasteiger partial charge in [-0.15, -0.1) is 0 Å². The third-order valence-electron chi connectivity index (χ3n) is 3.07. The Hall–Kier alpha value is -2.66. The van der Waals surface area contributed by atoms with Crippen LogP contribution in [-0.2, 0) is 0 Å². The average Bonchev–Trinajstić information content (AvgIpc) is 2.54. The van der Waals surface area contributed by atoms with Crippen LogP contribution in [0.15, 0.2) is 54.9 Å². The van der Waals surface area contributed by atoms with E-state index < -0.39 is 0 Å². The van der Waals surface area contributed by atoms with Gasteiger partial charge in [0.25, 0.3) is 0 Å². The molecule has 0 saturated carbocycles. The number of aliphatic hydroxyl groups excluding tert-OH is 1. The number of anilines is 3. The summed E-state index contributed by atoms with van der Waals surface area (Å²) in [5.41, 5.74) is 2.88. The van der Waals surface area contributed by atoms with Crippen LogP contribution in [0.5, 0.6) is 0 Å². The van der Waals surface area contributed by atoms with Gasteiger partial charge in [0.05, 0.1) is 24.0 Å². The van der Waals surface area contributed by atoms with Crippen LogP contribution in [0.4, 0.5) is 17.2 Å². The van der Waals surface area contributed by atoms with E-state index in [0.29, 0.717) is 6.54 Å². The van der Waals surface area contributed by atoms with Gasteiger partial charge < -0.3 is 15.7 Å². The van der Waals surface area contributed by atoms with Gasteiger partial charge in [0.1, 0.15) is 5.82 Å². The monoisotopic (exact) mass is 280 g/mol. The zero-order valence-electron chi connectivity index (χ0n) is 11.5. The number of nitrogens with one attached hydrogen (secondary N) is 2. The minimum absolute atomic E-state index is 0.0901. The van der Waals surface area contributed by atoms with Crippen LogP contribution in [0.2, 0.25) is 0 Å². The van der Waals surface area contributed by atoms with Crippen molar-refractivity contribution >= 4 is 28.1 Å². The molecular formula is C16H16N4O. The minimum Gasteiger partial charge on any atom is -0.395 e. The number of fused-ring (bicyclic) bond motifs is 1. The molecule has 0 saturated heterocycles. The molecule has 0 unspecified atom stereocenters. The second kappa shape index (κ2) is 6.19. The highest BCUT2D eigenvalue weighted by Crippen LogP contribution is 2.21.